The molecular weight excluding hydrogens is 278 g/mol. The summed E-state index contributed by atoms with van der Waals surface area (Å²) < 4.78 is 0. The zero-order valence-corrected chi connectivity index (χ0v) is 13.7. The van der Waals surface area contributed by atoms with Crippen molar-refractivity contribution in [1.82, 2.24) is 4.98 Å². The zero-order chi connectivity index (χ0) is 15.6. The number of anilines is 2. The lowest BCUT2D eigenvalue weighted by Gasteiger charge is -2.23. The van der Waals surface area contributed by atoms with Crippen molar-refractivity contribution in [3.63, 3.8) is 0 Å². The van der Waals surface area contributed by atoms with Gasteiger partial charge in [0.2, 0.25) is 0 Å². The first kappa shape index (κ1) is 15.4. The number of nitrogens with two attached hydrogens (primary N) is 1. The molecule has 1 aromatic heterocycles. The van der Waals surface area contributed by atoms with Crippen LogP contribution in [0.5, 0.6) is 0 Å². The number of rotatable bonds is 3. The van der Waals surface area contributed by atoms with Crippen molar-refractivity contribution in [2.24, 2.45) is 5.73 Å². The van der Waals surface area contributed by atoms with Gasteiger partial charge in [-0.25, -0.2) is 4.98 Å². The number of hydrogen-bond donors (Lipinski definition) is 2. The van der Waals surface area contributed by atoms with Gasteiger partial charge in [0.15, 0.2) is 0 Å². The Morgan fingerprint density at radius 1 is 1.19 bits per heavy atom. The fraction of sp³-hybridized carbons (Fsp3) is 0.294. The Kier molecular flexibility index (Phi) is 4.28. The van der Waals surface area contributed by atoms with E-state index < -0.39 is 0 Å². The van der Waals surface area contributed by atoms with E-state index in [1.807, 2.05) is 25.1 Å². The molecule has 0 aliphatic carbocycles. The number of nitrogens with one attached hydrogen (secondary N) is 1. The van der Waals surface area contributed by atoms with Gasteiger partial charge in [-0.05, 0) is 36.1 Å². The molecule has 21 heavy (non-hydrogen) atoms. The van der Waals surface area contributed by atoms with E-state index in [4.69, 9.17) is 18.0 Å². The maximum atomic E-state index is 5.72. The molecule has 0 spiro atoms. The molecule has 0 bridgehead atoms. The molecule has 0 amide bonds. The molecule has 0 atom stereocenters. The highest BCUT2D eigenvalue weighted by Gasteiger charge is 2.17. The molecule has 2 aromatic rings. The molecule has 0 aliphatic heterocycles. The first-order chi connectivity index (χ1) is 9.77. The summed E-state index contributed by atoms with van der Waals surface area (Å²) in [6.45, 7) is 8.51. The van der Waals surface area contributed by atoms with Gasteiger partial charge in [0.1, 0.15) is 10.8 Å². The molecule has 0 saturated carbocycles. The molecule has 110 valence electrons. The summed E-state index contributed by atoms with van der Waals surface area (Å²) in [6.07, 6.45) is 0. The van der Waals surface area contributed by atoms with E-state index in [2.05, 4.69) is 49.3 Å². The van der Waals surface area contributed by atoms with Gasteiger partial charge in [0, 0.05) is 16.9 Å². The fourth-order valence-electron chi connectivity index (χ4n) is 2.26. The van der Waals surface area contributed by atoms with Gasteiger partial charge in [0.05, 0.1) is 0 Å². The highest BCUT2D eigenvalue weighted by molar-refractivity contribution is 7.80. The Morgan fingerprint density at radius 2 is 1.86 bits per heavy atom. The highest BCUT2D eigenvalue weighted by atomic mass is 32.1. The van der Waals surface area contributed by atoms with Crippen LogP contribution < -0.4 is 11.1 Å². The van der Waals surface area contributed by atoms with Crippen molar-refractivity contribution < 1.29 is 0 Å². The number of hydrogen-bond acceptors (Lipinski definition) is 3. The summed E-state index contributed by atoms with van der Waals surface area (Å²) in [5, 5.41) is 3.39. The Labute approximate surface area is 131 Å². The molecular formula is C17H21N3S. The lowest BCUT2D eigenvalue weighted by Crippen LogP contribution is -2.14. The Morgan fingerprint density at radius 3 is 2.48 bits per heavy atom. The predicted octanol–water partition coefficient (Wildman–Crippen LogP) is 4.07. The second-order valence-corrected chi connectivity index (χ2v) is 6.61. The summed E-state index contributed by atoms with van der Waals surface area (Å²) in [4.78, 5) is 4.89. The maximum Gasteiger partial charge on any atom is 0.131 e. The summed E-state index contributed by atoms with van der Waals surface area (Å²) in [5.41, 5.74) is 9.78. The number of aromatic nitrogens is 1. The van der Waals surface area contributed by atoms with Crippen molar-refractivity contribution >= 4 is 28.7 Å². The average Bonchev–Trinajstić information content (AvgIpc) is 2.37. The predicted molar refractivity (Wildman–Crippen MR) is 93.3 cm³/mol. The first-order valence-electron chi connectivity index (χ1n) is 6.92. The second kappa shape index (κ2) is 5.82. The van der Waals surface area contributed by atoms with Gasteiger partial charge in [-0.3, -0.25) is 0 Å². The van der Waals surface area contributed by atoms with E-state index in [1.54, 1.807) is 0 Å². The number of pyridine rings is 1. The van der Waals surface area contributed by atoms with Crippen LogP contribution >= 0.6 is 12.2 Å². The molecule has 0 aliphatic rings. The van der Waals surface area contributed by atoms with Crippen LogP contribution in [-0.4, -0.2) is 9.97 Å². The minimum Gasteiger partial charge on any atom is -0.389 e. The van der Waals surface area contributed by atoms with Crippen LogP contribution in [0, 0.1) is 6.92 Å². The van der Waals surface area contributed by atoms with Crippen LogP contribution in [0.1, 0.15) is 37.6 Å². The minimum atomic E-state index is 0.0550. The third kappa shape index (κ3) is 3.79. The Balaban J connectivity index is 2.42. The van der Waals surface area contributed by atoms with Crippen molar-refractivity contribution in [3.05, 3.63) is 53.2 Å². The van der Waals surface area contributed by atoms with E-state index in [9.17, 15) is 0 Å². The van der Waals surface area contributed by atoms with Crippen LogP contribution in [0.25, 0.3) is 0 Å². The molecule has 1 heterocycles. The number of aryl methyl sites for hydroxylation is 1. The van der Waals surface area contributed by atoms with E-state index >= 15 is 0 Å². The molecule has 0 saturated heterocycles. The average molecular weight is 299 g/mol. The van der Waals surface area contributed by atoms with Gasteiger partial charge in [-0.2, -0.15) is 0 Å². The van der Waals surface area contributed by atoms with Gasteiger partial charge in [0.25, 0.3) is 0 Å². The van der Waals surface area contributed by atoms with Gasteiger partial charge >= 0.3 is 0 Å². The fourth-order valence-corrected chi connectivity index (χ4v) is 2.38. The van der Waals surface area contributed by atoms with E-state index in [-0.39, 0.29) is 5.41 Å². The third-order valence-electron chi connectivity index (χ3n) is 3.24. The topological polar surface area (TPSA) is 50.9 Å². The molecule has 3 nitrogen and oxygen atoms in total. The number of para-hydroxylation sites is 1. The SMILES string of the molecule is Cc1cc(C(N)=S)cc(Nc2ccccc2C(C)(C)C)n1. The molecule has 0 unspecified atom stereocenters. The summed E-state index contributed by atoms with van der Waals surface area (Å²) >= 11 is 5.05. The van der Waals surface area contributed by atoms with Gasteiger partial charge in [-0.15, -0.1) is 0 Å². The summed E-state index contributed by atoms with van der Waals surface area (Å²) in [6, 6.07) is 12.0. The molecule has 2 rings (SSSR count). The maximum absolute atomic E-state index is 5.72. The normalized spacial score (nSPS) is 11.2. The molecule has 0 radical (unpaired) electrons. The largest absolute Gasteiger partial charge is 0.389 e. The number of benzene rings is 1. The Hall–Kier alpha value is -1.94. The summed E-state index contributed by atoms with van der Waals surface area (Å²) in [5.74, 6) is 0.759. The van der Waals surface area contributed by atoms with Crippen molar-refractivity contribution in [3.8, 4) is 0 Å². The van der Waals surface area contributed by atoms with Gasteiger partial charge in [-0.1, -0.05) is 51.2 Å². The molecule has 1 aromatic carbocycles. The minimum absolute atomic E-state index is 0.0550. The van der Waals surface area contributed by atoms with Gasteiger partial charge < -0.3 is 11.1 Å². The Bertz CT molecular complexity index is 672. The first-order valence-corrected chi connectivity index (χ1v) is 7.33. The van der Waals surface area contributed by atoms with Crippen LogP contribution in [0.4, 0.5) is 11.5 Å². The van der Waals surface area contributed by atoms with E-state index in [0.717, 1.165) is 22.8 Å². The van der Waals surface area contributed by atoms with Crippen molar-refractivity contribution in [2.45, 2.75) is 33.1 Å². The number of thiocarbonyl (C=S) groups is 1. The van der Waals surface area contributed by atoms with Crippen LogP contribution in [0.2, 0.25) is 0 Å². The standard InChI is InChI=1S/C17H21N3S/c1-11-9-12(16(18)21)10-15(19-11)20-14-8-6-5-7-13(14)17(2,3)4/h5-10H,1-4H3,(H2,18,21)(H,19,20). The molecule has 4 heteroatoms. The van der Waals surface area contributed by atoms with Crippen LogP contribution in [0.3, 0.4) is 0 Å². The van der Waals surface area contributed by atoms with Crippen molar-refractivity contribution in [1.29, 1.82) is 0 Å². The zero-order valence-electron chi connectivity index (χ0n) is 12.9. The third-order valence-corrected chi connectivity index (χ3v) is 3.47. The van der Waals surface area contributed by atoms with Crippen molar-refractivity contribution in [2.75, 3.05) is 5.32 Å². The monoisotopic (exact) mass is 299 g/mol. The number of nitrogens with zero attached hydrogens (tertiary/aromatic N) is 1. The van der Waals surface area contributed by atoms with E-state index in [1.165, 1.54) is 5.56 Å². The lowest BCUT2D eigenvalue weighted by molar-refractivity contribution is 0.592. The molecule has 0 fully saturated rings. The van der Waals surface area contributed by atoms with Crippen LogP contribution in [0.15, 0.2) is 36.4 Å². The lowest BCUT2D eigenvalue weighted by atomic mass is 9.86. The highest BCUT2D eigenvalue weighted by Crippen LogP contribution is 2.31. The quantitative estimate of drug-likeness (QED) is 0.839. The second-order valence-electron chi connectivity index (χ2n) is 6.17. The van der Waals surface area contributed by atoms with Crippen LogP contribution in [-0.2, 0) is 5.41 Å². The molecule has 3 N–H and O–H groups in total. The summed E-state index contributed by atoms with van der Waals surface area (Å²) in [7, 11) is 0. The van der Waals surface area contributed by atoms with E-state index in [0.29, 0.717) is 4.99 Å². The smallest absolute Gasteiger partial charge is 0.131 e.